The molecule has 3 heterocycles. The van der Waals surface area contributed by atoms with Crippen LogP contribution in [0.3, 0.4) is 0 Å². The molecule has 0 aromatic heterocycles. The van der Waals surface area contributed by atoms with Crippen LogP contribution in [0.15, 0.2) is 41.6 Å². The second kappa shape index (κ2) is 8.39. The summed E-state index contributed by atoms with van der Waals surface area (Å²) in [6.07, 6.45) is -5.76. The third-order valence-corrected chi connectivity index (χ3v) is 7.19. The highest BCUT2D eigenvalue weighted by molar-refractivity contribution is 6.35. The number of nitrogens with zero attached hydrogens (tertiary/aromatic N) is 3. The fourth-order valence-electron chi connectivity index (χ4n) is 4.53. The fraction of sp³-hybridized carbons (Fsp3) is 0.391. The van der Waals surface area contributed by atoms with Gasteiger partial charge in [0.1, 0.15) is 0 Å². The number of amides is 2. The topological polar surface area (TPSA) is 45.1 Å². The van der Waals surface area contributed by atoms with Crippen molar-refractivity contribution in [3.05, 3.63) is 69.0 Å². The highest BCUT2D eigenvalue weighted by Crippen LogP contribution is 2.50. The predicted molar refractivity (Wildman–Crippen MR) is 119 cm³/mol. The maximum Gasteiger partial charge on any atom is 0.435 e. The summed E-state index contributed by atoms with van der Waals surface area (Å²) in [6.45, 7) is -2.12. The number of halogens is 9. The zero-order valence-corrected chi connectivity index (χ0v) is 20.1. The zero-order valence-electron chi connectivity index (χ0n) is 18.6. The van der Waals surface area contributed by atoms with Crippen molar-refractivity contribution in [2.75, 3.05) is 26.2 Å². The second-order valence-corrected chi connectivity index (χ2v) is 10.1. The number of oxime groups is 1. The summed E-state index contributed by atoms with van der Waals surface area (Å²) in [7, 11) is 0. The number of carbonyl (C=O) groups is 1. The molecule has 0 N–H and O–H groups in total. The molecular weight excluding hydrogens is 554 g/mol. The van der Waals surface area contributed by atoms with Crippen LogP contribution < -0.4 is 0 Å². The van der Waals surface area contributed by atoms with Crippen LogP contribution in [0, 0.1) is 5.82 Å². The van der Waals surface area contributed by atoms with Crippen molar-refractivity contribution in [2.45, 2.75) is 29.8 Å². The minimum absolute atomic E-state index is 0.0996. The number of urea groups is 1. The Morgan fingerprint density at radius 2 is 1.46 bits per heavy atom. The zero-order chi connectivity index (χ0) is 27.0. The number of hydrogen-bond donors (Lipinski definition) is 0. The van der Waals surface area contributed by atoms with E-state index in [1.807, 2.05) is 0 Å². The molecule has 198 valence electrons. The van der Waals surface area contributed by atoms with Gasteiger partial charge in [0, 0.05) is 12.0 Å². The molecular formula is C23H16Cl2F7N3O2. The molecule has 2 saturated heterocycles. The maximum atomic E-state index is 15.3. The predicted octanol–water partition coefficient (Wildman–Crippen LogP) is 6.27. The average Bonchev–Trinajstić information content (AvgIpc) is 3.25. The van der Waals surface area contributed by atoms with Crippen LogP contribution in [0.25, 0.3) is 0 Å². The van der Waals surface area contributed by atoms with E-state index in [4.69, 9.17) is 28.0 Å². The summed E-state index contributed by atoms with van der Waals surface area (Å²) >= 11 is 11.4. The minimum Gasteiger partial charge on any atom is -0.374 e. The summed E-state index contributed by atoms with van der Waals surface area (Å²) in [5.41, 5.74) is -5.16. The Hall–Kier alpha value is -2.73. The summed E-state index contributed by atoms with van der Waals surface area (Å²) in [5, 5.41) is 2.37. The first kappa shape index (κ1) is 25.9. The number of alkyl halides is 6. The summed E-state index contributed by atoms with van der Waals surface area (Å²) in [6, 6.07) is 6.27. The molecule has 0 radical (unpaired) electrons. The molecule has 37 heavy (non-hydrogen) atoms. The van der Waals surface area contributed by atoms with E-state index in [2.05, 4.69) is 5.16 Å². The van der Waals surface area contributed by atoms with E-state index in [1.54, 1.807) is 0 Å². The lowest BCUT2D eigenvalue weighted by Crippen LogP contribution is -2.67. The smallest absolute Gasteiger partial charge is 0.374 e. The van der Waals surface area contributed by atoms with Crippen LogP contribution in [0.5, 0.6) is 0 Å². The Bertz CT molecular complexity index is 1270. The van der Waals surface area contributed by atoms with Crippen LogP contribution in [0.4, 0.5) is 35.5 Å². The van der Waals surface area contributed by atoms with Gasteiger partial charge >= 0.3 is 12.2 Å². The van der Waals surface area contributed by atoms with Crippen LogP contribution in [-0.4, -0.2) is 59.8 Å². The monoisotopic (exact) mass is 569 g/mol. The lowest BCUT2D eigenvalue weighted by atomic mass is 9.85. The quantitative estimate of drug-likeness (QED) is 0.323. The van der Waals surface area contributed by atoms with E-state index in [0.29, 0.717) is 0 Å². The Kier molecular flexibility index (Phi) is 5.87. The Balaban J connectivity index is 1.30. The molecule has 2 fully saturated rings. The van der Waals surface area contributed by atoms with E-state index in [9.17, 15) is 31.1 Å². The Labute approximate surface area is 215 Å². The minimum atomic E-state index is -4.98. The maximum absolute atomic E-state index is 15.3. The highest BCUT2D eigenvalue weighted by atomic mass is 35.5. The Morgan fingerprint density at radius 3 is 1.97 bits per heavy atom. The molecule has 5 rings (SSSR count). The molecule has 1 atom stereocenters. The van der Waals surface area contributed by atoms with Gasteiger partial charge in [-0.1, -0.05) is 52.6 Å². The van der Waals surface area contributed by atoms with E-state index in [0.717, 1.165) is 21.9 Å². The molecule has 1 unspecified atom stereocenters. The van der Waals surface area contributed by atoms with Gasteiger partial charge in [-0.25, -0.2) is 22.4 Å². The van der Waals surface area contributed by atoms with Crippen LogP contribution in [0.1, 0.15) is 23.1 Å². The first-order valence-electron chi connectivity index (χ1n) is 10.8. The van der Waals surface area contributed by atoms with Gasteiger partial charge in [0.25, 0.3) is 11.5 Å². The second-order valence-electron chi connectivity index (χ2n) is 9.28. The molecule has 0 aliphatic carbocycles. The number of benzene rings is 2. The number of rotatable bonds is 3. The van der Waals surface area contributed by atoms with Gasteiger partial charge in [-0.05, 0) is 23.3 Å². The number of likely N-dealkylation sites (tertiary alicyclic amines) is 2. The molecule has 0 spiro atoms. The molecule has 2 amide bonds. The summed E-state index contributed by atoms with van der Waals surface area (Å²) in [4.78, 5) is 19.1. The van der Waals surface area contributed by atoms with Crippen molar-refractivity contribution in [3.8, 4) is 0 Å². The van der Waals surface area contributed by atoms with Crippen molar-refractivity contribution < 1.29 is 40.4 Å². The third kappa shape index (κ3) is 4.27. The van der Waals surface area contributed by atoms with Crippen molar-refractivity contribution in [1.82, 2.24) is 9.80 Å². The van der Waals surface area contributed by atoms with Gasteiger partial charge in [0.2, 0.25) is 0 Å². The fourth-order valence-corrected chi connectivity index (χ4v) is 5.02. The van der Waals surface area contributed by atoms with E-state index < -0.39 is 70.3 Å². The van der Waals surface area contributed by atoms with Crippen molar-refractivity contribution in [2.24, 2.45) is 5.16 Å². The highest BCUT2D eigenvalue weighted by Gasteiger charge is 2.62. The van der Waals surface area contributed by atoms with Gasteiger partial charge in [-0.15, -0.1) is 0 Å². The first-order chi connectivity index (χ1) is 17.1. The average molecular weight is 570 g/mol. The van der Waals surface area contributed by atoms with Gasteiger partial charge < -0.3 is 14.6 Å². The van der Waals surface area contributed by atoms with Gasteiger partial charge in [0.15, 0.2) is 11.5 Å². The molecule has 2 aromatic rings. The normalized spacial score (nSPS) is 24.2. The summed E-state index contributed by atoms with van der Waals surface area (Å²) < 4.78 is 97.5. The van der Waals surface area contributed by atoms with Gasteiger partial charge in [0.05, 0.1) is 41.9 Å². The molecule has 2 aromatic carbocycles. The van der Waals surface area contributed by atoms with Crippen molar-refractivity contribution in [1.29, 1.82) is 0 Å². The van der Waals surface area contributed by atoms with Crippen molar-refractivity contribution >= 4 is 34.9 Å². The lowest BCUT2D eigenvalue weighted by molar-refractivity contribution is -0.275. The molecule has 5 nitrogen and oxygen atoms in total. The summed E-state index contributed by atoms with van der Waals surface area (Å²) in [5.74, 6) is -4.01. The largest absolute Gasteiger partial charge is 0.435 e. The van der Waals surface area contributed by atoms with Gasteiger partial charge in [-0.2, -0.15) is 13.2 Å². The Morgan fingerprint density at radius 1 is 0.919 bits per heavy atom. The van der Waals surface area contributed by atoms with Crippen LogP contribution >= 0.6 is 23.2 Å². The molecule has 14 heteroatoms. The molecule has 0 saturated carbocycles. The van der Waals surface area contributed by atoms with E-state index in [1.165, 1.54) is 24.3 Å². The molecule has 3 aliphatic rings. The van der Waals surface area contributed by atoms with Crippen LogP contribution in [0.2, 0.25) is 10.0 Å². The number of carbonyl (C=O) groups excluding carboxylic acids is 1. The SMILES string of the molecule is O=C(N1CC(F)(F)C1)N1CC(F)(c2ccc(C3=NOC(c4cc(Cl)c(F)c(Cl)c4)(C(F)(F)F)C3)cc2)C1. The van der Waals surface area contributed by atoms with Crippen LogP contribution in [-0.2, 0) is 16.1 Å². The standard InChI is InChI=1S/C23H16Cl2F7N3O2/c24-15-5-14(6-16(25)18(15)26)22(23(30,31)32)7-17(33-37-22)12-1-3-13(4-2-12)20(27)8-34(9-20)19(36)35-10-21(28,29)11-35/h1-6H,7-11H2. The first-order valence-corrected chi connectivity index (χ1v) is 11.6. The van der Waals surface area contributed by atoms with E-state index >= 15 is 4.39 Å². The number of hydrogen-bond acceptors (Lipinski definition) is 3. The van der Waals surface area contributed by atoms with Crippen molar-refractivity contribution in [3.63, 3.8) is 0 Å². The molecule has 0 bridgehead atoms. The lowest BCUT2D eigenvalue weighted by Gasteiger charge is -2.49. The van der Waals surface area contributed by atoms with Gasteiger partial charge in [-0.3, -0.25) is 0 Å². The third-order valence-electron chi connectivity index (χ3n) is 6.64. The molecule has 3 aliphatic heterocycles. The van der Waals surface area contributed by atoms with E-state index in [-0.39, 0.29) is 29.9 Å².